The quantitative estimate of drug-likeness (QED) is 0.733. The zero-order valence-electron chi connectivity index (χ0n) is 10.2. The Kier molecular flexibility index (Phi) is 6.79. The van der Waals surface area contributed by atoms with Crippen LogP contribution in [-0.4, -0.2) is 29.1 Å². The van der Waals surface area contributed by atoms with Crippen LogP contribution in [0.25, 0.3) is 0 Å². The van der Waals surface area contributed by atoms with Gasteiger partial charge < -0.3 is 10.6 Å². The molecule has 0 radical (unpaired) electrons. The second-order valence-corrected chi connectivity index (χ2v) is 5.28. The SMILES string of the molecule is C=CCNC(=O)NCCS(=O)Cc1ccccc1. The molecule has 2 amide bonds. The van der Waals surface area contributed by atoms with Crippen molar-refractivity contribution in [1.29, 1.82) is 0 Å². The summed E-state index contributed by atoms with van der Waals surface area (Å²) < 4.78 is 11.7. The smallest absolute Gasteiger partial charge is 0.315 e. The minimum Gasteiger partial charge on any atom is -0.337 e. The molecule has 0 heterocycles. The zero-order chi connectivity index (χ0) is 13.2. The van der Waals surface area contributed by atoms with Crippen molar-refractivity contribution in [2.45, 2.75) is 5.75 Å². The molecule has 98 valence electrons. The van der Waals surface area contributed by atoms with Crippen molar-refractivity contribution < 1.29 is 9.00 Å². The van der Waals surface area contributed by atoms with Crippen molar-refractivity contribution >= 4 is 16.8 Å². The van der Waals surface area contributed by atoms with Crippen molar-refractivity contribution in [2.24, 2.45) is 0 Å². The molecule has 1 aromatic rings. The molecule has 5 heteroatoms. The predicted octanol–water partition coefficient (Wildman–Crippen LogP) is 1.42. The van der Waals surface area contributed by atoms with Gasteiger partial charge in [-0.15, -0.1) is 6.58 Å². The molecule has 4 nitrogen and oxygen atoms in total. The molecule has 1 atom stereocenters. The maximum atomic E-state index is 11.7. The van der Waals surface area contributed by atoms with Gasteiger partial charge in [0.2, 0.25) is 0 Å². The fourth-order valence-corrected chi connectivity index (χ4v) is 2.38. The van der Waals surface area contributed by atoms with E-state index in [-0.39, 0.29) is 6.03 Å². The van der Waals surface area contributed by atoms with Gasteiger partial charge in [-0.1, -0.05) is 36.4 Å². The van der Waals surface area contributed by atoms with Crippen LogP contribution in [0.4, 0.5) is 4.79 Å². The molecular weight excluding hydrogens is 248 g/mol. The molecular formula is C13H18N2O2S. The number of benzene rings is 1. The lowest BCUT2D eigenvalue weighted by atomic mass is 10.2. The lowest BCUT2D eigenvalue weighted by molar-refractivity contribution is 0.242. The third-order valence-corrected chi connectivity index (χ3v) is 3.51. The molecule has 0 aliphatic carbocycles. The third kappa shape index (κ3) is 6.20. The summed E-state index contributed by atoms with van der Waals surface area (Å²) in [5.74, 6) is 0.979. The standard InChI is InChI=1S/C13H18N2O2S/c1-2-8-14-13(16)15-9-10-18(17)11-12-6-4-3-5-7-12/h2-7H,1,8-11H2,(H2,14,15,16). The van der Waals surface area contributed by atoms with Crippen molar-refractivity contribution in [3.05, 3.63) is 48.6 Å². The van der Waals surface area contributed by atoms with Crippen molar-refractivity contribution in [3.63, 3.8) is 0 Å². The number of carbonyl (C=O) groups is 1. The van der Waals surface area contributed by atoms with Gasteiger partial charge in [0.15, 0.2) is 0 Å². The highest BCUT2D eigenvalue weighted by atomic mass is 32.2. The third-order valence-electron chi connectivity index (χ3n) is 2.19. The maximum Gasteiger partial charge on any atom is 0.315 e. The number of hydrogen-bond acceptors (Lipinski definition) is 2. The van der Waals surface area contributed by atoms with Gasteiger partial charge in [0.25, 0.3) is 0 Å². The molecule has 1 rings (SSSR count). The van der Waals surface area contributed by atoms with Crippen LogP contribution < -0.4 is 10.6 Å². The zero-order valence-corrected chi connectivity index (χ0v) is 11.0. The van der Waals surface area contributed by atoms with Crippen molar-refractivity contribution in [3.8, 4) is 0 Å². The fraction of sp³-hybridized carbons (Fsp3) is 0.308. The van der Waals surface area contributed by atoms with E-state index in [9.17, 15) is 9.00 Å². The first-order valence-electron chi connectivity index (χ1n) is 5.74. The molecule has 0 aliphatic heterocycles. The molecule has 0 saturated carbocycles. The number of rotatable bonds is 7. The summed E-state index contributed by atoms with van der Waals surface area (Å²) in [7, 11) is -0.956. The van der Waals surface area contributed by atoms with Gasteiger partial charge in [-0.3, -0.25) is 4.21 Å². The molecule has 2 N–H and O–H groups in total. The summed E-state index contributed by atoms with van der Waals surface area (Å²) in [4.78, 5) is 11.2. The van der Waals surface area contributed by atoms with Gasteiger partial charge in [-0.05, 0) is 5.56 Å². The molecule has 1 unspecified atom stereocenters. The van der Waals surface area contributed by atoms with Gasteiger partial charge in [0.05, 0.1) is 0 Å². The Bertz CT molecular complexity index is 407. The lowest BCUT2D eigenvalue weighted by Gasteiger charge is -2.06. The number of nitrogens with one attached hydrogen (secondary N) is 2. The highest BCUT2D eigenvalue weighted by Gasteiger charge is 2.03. The van der Waals surface area contributed by atoms with Crippen LogP contribution in [0.3, 0.4) is 0 Å². The van der Waals surface area contributed by atoms with Crippen molar-refractivity contribution in [1.82, 2.24) is 10.6 Å². The highest BCUT2D eigenvalue weighted by Crippen LogP contribution is 2.02. The summed E-state index contributed by atoms with van der Waals surface area (Å²) in [6, 6.07) is 9.41. The van der Waals surface area contributed by atoms with E-state index in [2.05, 4.69) is 17.2 Å². The lowest BCUT2D eigenvalue weighted by Crippen LogP contribution is -2.37. The van der Waals surface area contributed by atoms with Gasteiger partial charge in [-0.25, -0.2) is 4.79 Å². The molecule has 1 aromatic carbocycles. The van der Waals surface area contributed by atoms with E-state index >= 15 is 0 Å². The second kappa shape index (κ2) is 8.47. The van der Waals surface area contributed by atoms with Crippen LogP contribution in [-0.2, 0) is 16.6 Å². The normalized spacial score (nSPS) is 11.6. The maximum absolute atomic E-state index is 11.7. The van der Waals surface area contributed by atoms with Gasteiger partial charge in [-0.2, -0.15) is 0 Å². The number of carbonyl (C=O) groups excluding carboxylic acids is 1. The van der Waals surface area contributed by atoms with E-state index in [0.29, 0.717) is 24.6 Å². The molecule has 0 spiro atoms. The first kappa shape index (κ1) is 14.4. The number of amides is 2. The average Bonchev–Trinajstić information content (AvgIpc) is 2.37. The minimum absolute atomic E-state index is 0.258. The Morgan fingerprint density at radius 2 is 2.00 bits per heavy atom. The van der Waals surface area contributed by atoms with E-state index < -0.39 is 10.8 Å². The van der Waals surface area contributed by atoms with Gasteiger partial charge in [0, 0.05) is 35.4 Å². The van der Waals surface area contributed by atoms with Crippen LogP contribution in [0.15, 0.2) is 43.0 Å². The summed E-state index contributed by atoms with van der Waals surface area (Å²) in [5, 5.41) is 5.23. The van der Waals surface area contributed by atoms with E-state index in [1.807, 2.05) is 30.3 Å². The highest BCUT2D eigenvalue weighted by molar-refractivity contribution is 7.84. The summed E-state index contributed by atoms with van der Waals surface area (Å²) in [6.07, 6.45) is 1.60. The Morgan fingerprint density at radius 1 is 1.28 bits per heavy atom. The molecule has 0 fully saturated rings. The van der Waals surface area contributed by atoms with E-state index in [4.69, 9.17) is 0 Å². The Labute approximate surface area is 110 Å². The van der Waals surface area contributed by atoms with E-state index in [1.165, 1.54) is 0 Å². The summed E-state index contributed by atoms with van der Waals surface area (Å²) in [6.45, 7) is 4.33. The monoisotopic (exact) mass is 266 g/mol. The predicted molar refractivity (Wildman–Crippen MR) is 74.8 cm³/mol. The molecule has 0 aliphatic rings. The molecule has 0 bridgehead atoms. The van der Waals surface area contributed by atoms with E-state index in [0.717, 1.165) is 5.56 Å². The molecule has 0 saturated heterocycles. The Morgan fingerprint density at radius 3 is 2.67 bits per heavy atom. The van der Waals surface area contributed by atoms with Crippen LogP contribution in [0.1, 0.15) is 5.56 Å². The van der Waals surface area contributed by atoms with Gasteiger partial charge >= 0.3 is 6.03 Å². The fourth-order valence-electron chi connectivity index (χ4n) is 1.34. The largest absolute Gasteiger partial charge is 0.337 e. The second-order valence-electron chi connectivity index (χ2n) is 3.70. The van der Waals surface area contributed by atoms with Crippen LogP contribution in [0.2, 0.25) is 0 Å². The molecule has 18 heavy (non-hydrogen) atoms. The Balaban J connectivity index is 2.18. The van der Waals surface area contributed by atoms with Gasteiger partial charge in [0.1, 0.15) is 0 Å². The minimum atomic E-state index is -0.956. The van der Waals surface area contributed by atoms with Crippen LogP contribution >= 0.6 is 0 Å². The first-order chi connectivity index (χ1) is 8.72. The summed E-state index contributed by atoms with van der Waals surface area (Å²) in [5.41, 5.74) is 1.05. The number of urea groups is 1. The van der Waals surface area contributed by atoms with Crippen LogP contribution in [0.5, 0.6) is 0 Å². The summed E-state index contributed by atoms with van der Waals surface area (Å²) >= 11 is 0. The Hall–Kier alpha value is -1.62. The molecule has 0 aromatic heterocycles. The van der Waals surface area contributed by atoms with Crippen molar-refractivity contribution in [2.75, 3.05) is 18.8 Å². The van der Waals surface area contributed by atoms with Crippen LogP contribution in [0, 0.1) is 0 Å². The number of hydrogen-bond donors (Lipinski definition) is 2. The average molecular weight is 266 g/mol. The topological polar surface area (TPSA) is 58.2 Å². The first-order valence-corrected chi connectivity index (χ1v) is 7.22. The van der Waals surface area contributed by atoms with E-state index in [1.54, 1.807) is 6.08 Å².